The molecule has 9 heteroatoms. The van der Waals surface area contributed by atoms with Crippen molar-refractivity contribution in [3.8, 4) is 22.9 Å². The van der Waals surface area contributed by atoms with Gasteiger partial charge in [0.2, 0.25) is 0 Å². The SMILES string of the molecule is FC(F)(F)c1cccc(-c2cn[nH]c2C2CCN(Cc3ccc(Oc4ncccn4)cc3)CC2)c1. The number of nitrogens with zero attached hydrogens (tertiary/aromatic N) is 4. The molecule has 180 valence electrons. The standard InChI is InChI=1S/C26H24F3N5O/c27-26(28,29)21-4-1-3-20(15-21)23-16-32-33-24(23)19-9-13-34(14-10-19)17-18-5-7-22(8-6-18)35-25-30-11-2-12-31-25/h1-8,11-12,15-16,19H,9-10,13-14,17H2,(H,32,33). The van der Waals surface area contributed by atoms with E-state index in [1.807, 2.05) is 24.3 Å². The quantitative estimate of drug-likeness (QED) is 0.364. The van der Waals surface area contributed by atoms with Crippen molar-refractivity contribution in [2.45, 2.75) is 31.5 Å². The van der Waals surface area contributed by atoms with E-state index >= 15 is 0 Å². The first-order chi connectivity index (χ1) is 17.0. The molecule has 3 heterocycles. The number of alkyl halides is 3. The van der Waals surface area contributed by atoms with Crippen LogP contribution >= 0.6 is 0 Å². The van der Waals surface area contributed by atoms with Crippen LogP contribution in [-0.4, -0.2) is 38.2 Å². The number of hydrogen-bond donors (Lipinski definition) is 1. The lowest BCUT2D eigenvalue weighted by molar-refractivity contribution is -0.137. The molecule has 6 nitrogen and oxygen atoms in total. The number of hydrogen-bond acceptors (Lipinski definition) is 5. The van der Waals surface area contributed by atoms with Gasteiger partial charge in [-0.15, -0.1) is 0 Å². The van der Waals surface area contributed by atoms with Crippen LogP contribution in [0.15, 0.2) is 73.2 Å². The van der Waals surface area contributed by atoms with Gasteiger partial charge in [0.25, 0.3) is 0 Å². The number of aromatic amines is 1. The number of H-pyrrole nitrogens is 1. The van der Waals surface area contributed by atoms with Crippen molar-refractivity contribution in [2.75, 3.05) is 13.1 Å². The lowest BCUT2D eigenvalue weighted by Gasteiger charge is -2.32. The maximum atomic E-state index is 13.2. The minimum absolute atomic E-state index is 0.222. The van der Waals surface area contributed by atoms with Gasteiger partial charge in [-0.2, -0.15) is 18.3 Å². The molecule has 0 bridgehead atoms. The van der Waals surface area contributed by atoms with Gasteiger partial charge in [-0.05, 0) is 67.4 Å². The van der Waals surface area contributed by atoms with Crippen LogP contribution in [0.1, 0.15) is 35.6 Å². The number of likely N-dealkylation sites (tertiary alicyclic amines) is 1. The summed E-state index contributed by atoms with van der Waals surface area (Å²) in [6.07, 6.45) is 2.33. The van der Waals surface area contributed by atoms with Crippen molar-refractivity contribution in [1.82, 2.24) is 25.1 Å². The van der Waals surface area contributed by atoms with Crippen LogP contribution < -0.4 is 4.74 Å². The zero-order valence-electron chi connectivity index (χ0n) is 18.9. The maximum Gasteiger partial charge on any atom is 0.416 e. The van der Waals surface area contributed by atoms with E-state index in [0.29, 0.717) is 17.3 Å². The zero-order valence-corrected chi connectivity index (χ0v) is 18.9. The van der Waals surface area contributed by atoms with E-state index in [9.17, 15) is 13.2 Å². The highest BCUT2D eigenvalue weighted by Gasteiger charge is 2.31. The van der Waals surface area contributed by atoms with Crippen LogP contribution in [0.5, 0.6) is 11.8 Å². The minimum atomic E-state index is -4.37. The Bertz CT molecular complexity index is 1250. The molecule has 0 spiro atoms. The van der Waals surface area contributed by atoms with Gasteiger partial charge in [-0.3, -0.25) is 10.00 Å². The van der Waals surface area contributed by atoms with E-state index in [1.54, 1.807) is 30.7 Å². The molecular formula is C26H24F3N5O. The zero-order chi connectivity index (χ0) is 24.3. The first-order valence-electron chi connectivity index (χ1n) is 11.4. The van der Waals surface area contributed by atoms with E-state index in [-0.39, 0.29) is 5.92 Å². The van der Waals surface area contributed by atoms with Gasteiger partial charge in [-0.25, -0.2) is 9.97 Å². The topological polar surface area (TPSA) is 66.9 Å². The number of rotatable bonds is 6. The third-order valence-corrected chi connectivity index (χ3v) is 6.25. The van der Waals surface area contributed by atoms with Gasteiger partial charge in [0.05, 0.1) is 11.8 Å². The average molecular weight is 480 g/mol. The first kappa shape index (κ1) is 23.0. The Kier molecular flexibility index (Phi) is 6.50. The summed E-state index contributed by atoms with van der Waals surface area (Å²) in [6.45, 7) is 2.60. The van der Waals surface area contributed by atoms with Gasteiger partial charge >= 0.3 is 12.2 Å². The van der Waals surface area contributed by atoms with E-state index in [4.69, 9.17) is 4.74 Å². The van der Waals surface area contributed by atoms with Crippen LogP contribution in [0.4, 0.5) is 13.2 Å². The van der Waals surface area contributed by atoms with Crippen molar-refractivity contribution in [1.29, 1.82) is 0 Å². The molecule has 1 aliphatic heterocycles. The number of piperidine rings is 1. The third kappa shape index (κ3) is 5.51. The minimum Gasteiger partial charge on any atom is -0.424 e. The number of nitrogens with one attached hydrogen (secondary N) is 1. The first-order valence-corrected chi connectivity index (χ1v) is 11.4. The molecule has 1 fully saturated rings. The van der Waals surface area contributed by atoms with Gasteiger partial charge in [0, 0.05) is 36.1 Å². The Hall–Kier alpha value is -3.72. The molecule has 5 rings (SSSR count). The number of benzene rings is 2. The van der Waals surface area contributed by atoms with Crippen molar-refractivity contribution >= 4 is 0 Å². The van der Waals surface area contributed by atoms with Crippen LogP contribution in [0.2, 0.25) is 0 Å². The highest BCUT2D eigenvalue weighted by Crippen LogP contribution is 2.37. The normalized spacial score (nSPS) is 15.3. The van der Waals surface area contributed by atoms with Crippen molar-refractivity contribution in [2.24, 2.45) is 0 Å². The molecule has 1 N–H and O–H groups in total. The molecular weight excluding hydrogens is 455 g/mol. The predicted molar refractivity (Wildman–Crippen MR) is 125 cm³/mol. The largest absolute Gasteiger partial charge is 0.424 e. The second kappa shape index (κ2) is 9.87. The summed E-state index contributed by atoms with van der Waals surface area (Å²) < 4.78 is 45.1. The van der Waals surface area contributed by atoms with Crippen LogP contribution in [0.25, 0.3) is 11.1 Å². The lowest BCUT2D eigenvalue weighted by Crippen LogP contribution is -2.32. The van der Waals surface area contributed by atoms with Crippen LogP contribution in [-0.2, 0) is 12.7 Å². The van der Waals surface area contributed by atoms with E-state index < -0.39 is 11.7 Å². The second-order valence-corrected chi connectivity index (χ2v) is 8.60. The maximum absolute atomic E-state index is 13.2. The van der Waals surface area contributed by atoms with Crippen molar-refractivity contribution in [3.63, 3.8) is 0 Å². The molecule has 2 aromatic heterocycles. The van der Waals surface area contributed by atoms with Gasteiger partial charge in [-0.1, -0.05) is 24.3 Å². The fourth-order valence-electron chi connectivity index (χ4n) is 4.44. The number of aromatic nitrogens is 4. The Morgan fingerprint density at radius 3 is 2.43 bits per heavy atom. The lowest BCUT2D eigenvalue weighted by atomic mass is 9.89. The second-order valence-electron chi connectivity index (χ2n) is 8.60. The summed E-state index contributed by atoms with van der Waals surface area (Å²) in [4.78, 5) is 10.5. The van der Waals surface area contributed by atoms with Crippen molar-refractivity contribution < 1.29 is 17.9 Å². The molecule has 0 radical (unpaired) electrons. The molecule has 4 aromatic rings. The summed E-state index contributed by atoms with van der Waals surface area (Å²) in [6, 6.07) is 15.4. The molecule has 1 aliphatic rings. The Labute approximate surface area is 200 Å². The van der Waals surface area contributed by atoms with Crippen LogP contribution in [0.3, 0.4) is 0 Å². The smallest absolute Gasteiger partial charge is 0.416 e. The van der Waals surface area contributed by atoms with Gasteiger partial charge < -0.3 is 4.74 Å². The molecule has 35 heavy (non-hydrogen) atoms. The van der Waals surface area contributed by atoms with E-state index in [1.165, 1.54) is 17.7 Å². The highest BCUT2D eigenvalue weighted by atomic mass is 19.4. The summed E-state index contributed by atoms with van der Waals surface area (Å²) in [7, 11) is 0. The molecule has 0 unspecified atom stereocenters. The van der Waals surface area contributed by atoms with Crippen molar-refractivity contribution in [3.05, 3.63) is 90.0 Å². The summed E-state index contributed by atoms with van der Waals surface area (Å²) in [5.41, 5.74) is 2.72. The highest BCUT2D eigenvalue weighted by molar-refractivity contribution is 5.66. The summed E-state index contributed by atoms with van der Waals surface area (Å²) in [5, 5.41) is 7.20. The Balaban J connectivity index is 1.19. The molecule has 0 amide bonds. The molecule has 0 saturated carbocycles. The van der Waals surface area contributed by atoms with Crippen LogP contribution in [0, 0.1) is 0 Å². The van der Waals surface area contributed by atoms with Gasteiger partial charge in [0.1, 0.15) is 5.75 Å². The Morgan fingerprint density at radius 1 is 0.971 bits per heavy atom. The summed E-state index contributed by atoms with van der Waals surface area (Å²) >= 11 is 0. The van der Waals surface area contributed by atoms with E-state index in [0.717, 1.165) is 49.8 Å². The third-order valence-electron chi connectivity index (χ3n) is 6.25. The number of ether oxygens (including phenoxy) is 1. The molecule has 2 aromatic carbocycles. The fraction of sp³-hybridized carbons (Fsp3) is 0.269. The number of halogens is 3. The monoisotopic (exact) mass is 479 g/mol. The Morgan fingerprint density at radius 2 is 1.71 bits per heavy atom. The summed E-state index contributed by atoms with van der Waals surface area (Å²) in [5.74, 6) is 0.903. The molecule has 0 aliphatic carbocycles. The predicted octanol–water partition coefficient (Wildman–Crippen LogP) is 6.06. The molecule has 0 atom stereocenters. The van der Waals surface area contributed by atoms with Gasteiger partial charge in [0.15, 0.2) is 0 Å². The fourth-order valence-corrected chi connectivity index (χ4v) is 4.44. The average Bonchev–Trinajstić information content (AvgIpc) is 3.36. The van der Waals surface area contributed by atoms with E-state index in [2.05, 4.69) is 25.1 Å². The molecule has 1 saturated heterocycles.